The van der Waals surface area contributed by atoms with Crippen LogP contribution in [0.3, 0.4) is 0 Å². The summed E-state index contributed by atoms with van der Waals surface area (Å²) in [4.78, 5) is 4.33. The third kappa shape index (κ3) is 6.63. The Morgan fingerprint density at radius 3 is 2.50 bits per heavy atom. The molecule has 1 aromatic rings. The molecular formula is C21H34IN3O4S. The fourth-order valence-corrected chi connectivity index (χ4v) is 4.92. The first kappa shape index (κ1) is 25.0. The Morgan fingerprint density at radius 1 is 1.20 bits per heavy atom. The van der Waals surface area contributed by atoms with Gasteiger partial charge in [0.05, 0.1) is 5.75 Å². The van der Waals surface area contributed by atoms with Gasteiger partial charge in [-0.25, -0.2) is 8.42 Å². The Labute approximate surface area is 197 Å². The normalized spacial score (nSPS) is 19.0. The van der Waals surface area contributed by atoms with E-state index in [1.54, 1.807) is 7.05 Å². The lowest BCUT2D eigenvalue weighted by Gasteiger charge is -2.32. The van der Waals surface area contributed by atoms with Gasteiger partial charge in [0, 0.05) is 31.3 Å². The van der Waals surface area contributed by atoms with E-state index in [4.69, 9.17) is 9.47 Å². The van der Waals surface area contributed by atoms with E-state index < -0.39 is 9.84 Å². The first-order valence-corrected chi connectivity index (χ1v) is 12.4. The lowest BCUT2D eigenvalue weighted by Crippen LogP contribution is -2.47. The van der Waals surface area contributed by atoms with E-state index >= 15 is 0 Å². The predicted molar refractivity (Wildman–Crippen MR) is 131 cm³/mol. The zero-order valence-corrected chi connectivity index (χ0v) is 21.2. The van der Waals surface area contributed by atoms with Gasteiger partial charge in [-0.2, -0.15) is 0 Å². The van der Waals surface area contributed by atoms with Crippen molar-refractivity contribution in [3.63, 3.8) is 0 Å². The zero-order chi connectivity index (χ0) is 20.9. The van der Waals surface area contributed by atoms with Crippen molar-refractivity contribution >= 4 is 39.8 Å². The second-order valence-electron chi connectivity index (χ2n) is 8.24. The highest BCUT2D eigenvalue weighted by Crippen LogP contribution is 2.43. The van der Waals surface area contributed by atoms with Gasteiger partial charge in [0.1, 0.15) is 23.1 Å². The average molecular weight is 551 g/mol. The molecule has 1 aliphatic carbocycles. The highest BCUT2D eigenvalue weighted by atomic mass is 127. The molecule has 0 amide bonds. The summed E-state index contributed by atoms with van der Waals surface area (Å²) in [6, 6.07) is 6.33. The second kappa shape index (κ2) is 10.9. The number of sulfone groups is 1. The molecule has 1 aromatic carbocycles. The van der Waals surface area contributed by atoms with E-state index in [1.165, 1.54) is 24.7 Å². The zero-order valence-electron chi connectivity index (χ0n) is 18.1. The molecule has 0 spiro atoms. The molecular weight excluding hydrogens is 517 g/mol. The lowest BCUT2D eigenvalue weighted by atomic mass is 9.78. The van der Waals surface area contributed by atoms with Gasteiger partial charge in [0.15, 0.2) is 17.5 Å². The van der Waals surface area contributed by atoms with Crippen molar-refractivity contribution in [1.82, 2.24) is 10.6 Å². The maximum atomic E-state index is 11.4. The summed E-state index contributed by atoms with van der Waals surface area (Å²) in [5.41, 5.74) is 1.30. The van der Waals surface area contributed by atoms with E-state index in [0.29, 0.717) is 25.6 Å². The Kier molecular flexibility index (Phi) is 9.08. The SMILES string of the molecule is CN=C(NCC1(c2ccc3c(c2)OCCO3)CCCC1)NC(C)CCS(C)(=O)=O.I. The summed E-state index contributed by atoms with van der Waals surface area (Å²) < 4.78 is 34.3. The molecule has 7 nitrogen and oxygen atoms in total. The van der Waals surface area contributed by atoms with Crippen LogP contribution in [-0.2, 0) is 15.3 Å². The monoisotopic (exact) mass is 551 g/mol. The molecule has 2 N–H and O–H groups in total. The number of nitrogens with one attached hydrogen (secondary N) is 2. The molecule has 0 aromatic heterocycles. The standard InChI is InChI=1S/C21H33N3O4S.HI/c1-16(8-13-29(3,25)26)24-20(22-2)23-15-21(9-4-5-10-21)17-6-7-18-19(14-17)28-12-11-27-18;/h6-7,14,16H,4-5,8-13,15H2,1-3H3,(H2,22,23,24);1H. The van der Waals surface area contributed by atoms with E-state index in [2.05, 4.69) is 27.8 Å². The highest BCUT2D eigenvalue weighted by Gasteiger charge is 2.36. The van der Waals surface area contributed by atoms with Gasteiger partial charge in [-0.3, -0.25) is 4.99 Å². The van der Waals surface area contributed by atoms with E-state index in [9.17, 15) is 8.42 Å². The molecule has 0 saturated heterocycles. The van der Waals surface area contributed by atoms with Crippen molar-refractivity contribution in [1.29, 1.82) is 0 Å². The summed E-state index contributed by atoms with van der Waals surface area (Å²) in [5, 5.41) is 6.79. The number of nitrogens with zero attached hydrogens (tertiary/aromatic N) is 1. The minimum atomic E-state index is -2.96. The summed E-state index contributed by atoms with van der Waals surface area (Å²) in [5.74, 6) is 2.52. The number of rotatable bonds is 7. The van der Waals surface area contributed by atoms with Gasteiger partial charge in [-0.1, -0.05) is 18.9 Å². The molecule has 1 heterocycles. The van der Waals surface area contributed by atoms with Crippen LogP contribution in [-0.4, -0.2) is 59.2 Å². The third-order valence-corrected chi connectivity index (χ3v) is 6.82. The molecule has 1 aliphatic heterocycles. The predicted octanol–water partition coefficient (Wildman–Crippen LogP) is 2.88. The summed E-state index contributed by atoms with van der Waals surface area (Å²) >= 11 is 0. The minimum absolute atomic E-state index is 0. The Bertz CT molecular complexity index is 839. The fourth-order valence-electron chi connectivity index (χ4n) is 4.14. The van der Waals surface area contributed by atoms with Gasteiger partial charge < -0.3 is 20.1 Å². The van der Waals surface area contributed by atoms with E-state index in [0.717, 1.165) is 30.9 Å². The minimum Gasteiger partial charge on any atom is -0.486 e. The van der Waals surface area contributed by atoms with Gasteiger partial charge >= 0.3 is 0 Å². The fraction of sp³-hybridized carbons (Fsp3) is 0.667. The number of hydrogen-bond donors (Lipinski definition) is 2. The molecule has 0 radical (unpaired) electrons. The molecule has 30 heavy (non-hydrogen) atoms. The van der Waals surface area contributed by atoms with Gasteiger partial charge in [0.25, 0.3) is 0 Å². The van der Waals surface area contributed by atoms with Crippen LogP contribution in [0.4, 0.5) is 0 Å². The second-order valence-corrected chi connectivity index (χ2v) is 10.5. The molecule has 1 atom stereocenters. The highest BCUT2D eigenvalue weighted by molar-refractivity contribution is 14.0. The van der Waals surface area contributed by atoms with Crippen molar-refractivity contribution < 1.29 is 17.9 Å². The first-order chi connectivity index (χ1) is 13.8. The number of guanidine groups is 1. The largest absolute Gasteiger partial charge is 0.486 e. The number of aliphatic imine (C=N–C) groups is 1. The van der Waals surface area contributed by atoms with Crippen LogP contribution in [0.25, 0.3) is 0 Å². The molecule has 170 valence electrons. The average Bonchev–Trinajstić information content (AvgIpc) is 3.19. The van der Waals surface area contributed by atoms with Crippen LogP contribution in [0.2, 0.25) is 0 Å². The summed E-state index contributed by atoms with van der Waals surface area (Å²) in [7, 11) is -1.22. The molecule has 1 saturated carbocycles. The van der Waals surface area contributed by atoms with Crippen molar-refractivity contribution in [3.8, 4) is 11.5 Å². The Hall–Kier alpha value is -1.23. The smallest absolute Gasteiger partial charge is 0.191 e. The Morgan fingerprint density at radius 2 is 1.87 bits per heavy atom. The molecule has 9 heteroatoms. The number of hydrogen-bond acceptors (Lipinski definition) is 5. The molecule has 3 rings (SSSR count). The van der Waals surface area contributed by atoms with Crippen LogP contribution in [0.15, 0.2) is 23.2 Å². The van der Waals surface area contributed by atoms with Gasteiger partial charge in [-0.15, -0.1) is 24.0 Å². The maximum Gasteiger partial charge on any atom is 0.191 e. The van der Waals surface area contributed by atoms with Gasteiger partial charge in [-0.05, 0) is 43.9 Å². The molecule has 2 aliphatic rings. The topological polar surface area (TPSA) is 89.0 Å². The van der Waals surface area contributed by atoms with Crippen LogP contribution < -0.4 is 20.1 Å². The van der Waals surface area contributed by atoms with Crippen molar-refractivity contribution in [2.75, 3.05) is 38.8 Å². The van der Waals surface area contributed by atoms with Crippen LogP contribution in [0.1, 0.15) is 44.6 Å². The Balaban J connectivity index is 0.00000320. The van der Waals surface area contributed by atoms with Crippen LogP contribution in [0, 0.1) is 0 Å². The van der Waals surface area contributed by atoms with Crippen molar-refractivity contribution in [2.45, 2.75) is 50.5 Å². The maximum absolute atomic E-state index is 11.4. The quantitative estimate of drug-likeness (QED) is 0.308. The van der Waals surface area contributed by atoms with Gasteiger partial charge in [0.2, 0.25) is 0 Å². The third-order valence-electron chi connectivity index (χ3n) is 5.84. The van der Waals surface area contributed by atoms with E-state index in [-0.39, 0.29) is 41.2 Å². The van der Waals surface area contributed by atoms with Crippen molar-refractivity contribution in [2.24, 2.45) is 4.99 Å². The first-order valence-electron chi connectivity index (χ1n) is 10.4. The number of fused-ring (bicyclic) bond motifs is 1. The summed E-state index contributed by atoms with van der Waals surface area (Å²) in [6.07, 6.45) is 6.44. The van der Waals surface area contributed by atoms with E-state index in [1.807, 2.05) is 13.0 Å². The molecule has 1 fully saturated rings. The lowest BCUT2D eigenvalue weighted by molar-refractivity contribution is 0.171. The summed E-state index contributed by atoms with van der Waals surface area (Å²) in [6.45, 7) is 3.93. The number of halogens is 1. The van der Waals surface area contributed by atoms with Crippen LogP contribution >= 0.6 is 24.0 Å². The number of ether oxygens (including phenoxy) is 2. The number of benzene rings is 1. The van der Waals surface area contributed by atoms with Crippen LogP contribution in [0.5, 0.6) is 11.5 Å². The molecule has 0 bridgehead atoms. The molecule has 1 unspecified atom stereocenters. The van der Waals surface area contributed by atoms with Crippen molar-refractivity contribution in [3.05, 3.63) is 23.8 Å².